The van der Waals surface area contributed by atoms with Crippen molar-refractivity contribution in [3.05, 3.63) is 40.9 Å². The first-order valence-corrected chi connectivity index (χ1v) is 11.0. The molecule has 1 aliphatic rings. The van der Waals surface area contributed by atoms with Gasteiger partial charge >= 0.3 is 5.97 Å². The zero-order valence-corrected chi connectivity index (χ0v) is 17.0. The van der Waals surface area contributed by atoms with E-state index in [0.29, 0.717) is 17.9 Å². The Morgan fingerprint density at radius 3 is 2.56 bits per heavy atom. The zero-order chi connectivity index (χ0) is 20.0. The van der Waals surface area contributed by atoms with Gasteiger partial charge in [-0.05, 0) is 43.5 Å². The van der Waals surface area contributed by atoms with Crippen LogP contribution in [0.25, 0.3) is 6.08 Å². The Kier molecular flexibility index (Phi) is 7.44. The first-order valence-electron chi connectivity index (χ1n) is 8.84. The third-order valence-electron chi connectivity index (χ3n) is 4.58. The van der Waals surface area contributed by atoms with Gasteiger partial charge in [0.1, 0.15) is 0 Å². The Morgan fingerprint density at radius 2 is 2.00 bits per heavy atom. The number of carbonyl (C=O) groups is 2. The van der Waals surface area contributed by atoms with Crippen molar-refractivity contribution < 1.29 is 22.7 Å². The summed E-state index contributed by atoms with van der Waals surface area (Å²) in [5.74, 6) is -0.962. The maximum absolute atomic E-state index is 12.6. The van der Waals surface area contributed by atoms with Gasteiger partial charge in [-0.25, -0.2) is 13.2 Å². The molecule has 0 saturated carbocycles. The molecule has 148 valence electrons. The van der Waals surface area contributed by atoms with Gasteiger partial charge in [0.05, 0.1) is 11.5 Å². The van der Waals surface area contributed by atoms with Crippen LogP contribution >= 0.6 is 11.6 Å². The van der Waals surface area contributed by atoms with Crippen LogP contribution in [0.4, 0.5) is 0 Å². The fourth-order valence-corrected chi connectivity index (χ4v) is 4.83. The lowest BCUT2D eigenvalue weighted by Crippen LogP contribution is -2.48. The van der Waals surface area contributed by atoms with Gasteiger partial charge in [0.2, 0.25) is 0 Å². The molecular formula is C19H24ClNO5S. The summed E-state index contributed by atoms with van der Waals surface area (Å²) in [7, 11) is -3.11. The summed E-state index contributed by atoms with van der Waals surface area (Å²) in [5, 5.41) is 0.597. The summed E-state index contributed by atoms with van der Waals surface area (Å²) in [6.07, 6.45) is 3.92. The van der Waals surface area contributed by atoms with E-state index in [1.165, 1.54) is 6.08 Å². The fourth-order valence-electron chi connectivity index (χ4n) is 2.99. The van der Waals surface area contributed by atoms with E-state index in [9.17, 15) is 18.0 Å². The second-order valence-electron chi connectivity index (χ2n) is 6.61. The molecule has 0 unspecified atom stereocenters. The summed E-state index contributed by atoms with van der Waals surface area (Å²) >= 11 is 5.80. The molecular weight excluding hydrogens is 390 g/mol. The highest BCUT2D eigenvalue weighted by Gasteiger charge is 2.36. The maximum Gasteiger partial charge on any atom is 0.331 e. The van der Waals surface area contributed by atoms with Crippen molar-refractivity contribution in [2.24, 2.45) is 0 Å². The number of rotatable bonds is 7. The zero-order valence-electron chi connectivity index (χ0n) is 15.4. The van der Waals surface area contributed by atoms with E-state index in [-0.39, 0.29) is 29.5 Å². The highest BCUT2D eigenvalue weighted by atomic mass is 35.5. The monoisotopic (exact) mass is 413 g/mol. The van der Waals surface area contributed by atoms with Crippen LogP contribution in [0.3, 0.4) is 0 Å². The van der Waals surface area contributed by atoms with Gasteiger partial charge < -0.3 is 9.64 Å². The third kappa shape index (κ3) is 6.36. The molecule has 0 bridgehead atoms. The molecule has 6 nitrogen and oxygen atoms in total. The number of halogens is 1. The lowest BCUT2D eigenvalue weighted by molar-refractivity contribution is -0.150. The third-order valence-corrected chi connectivity index (χ3v) is 6.58. The number of ether oxygens (including phenoxy) is 1. The lowest BCUT2D eigenvalue weighted by atomic mass is 10.1. The summed E-state index contributed by atoms with van der Waals surface area (Å²) < 4.78 is 28.5. The molecule has 0 aliphatic carbocycles. The second-order valence-corrected chi connectivity index (χ2v) is 9.27. The van der Waals surface area contributed by atoms with Crippen LogP contribution in [-0.2, 0) is 24.2 Å². The minimum Gasteiger partial charge on any atom is -0.452 e. The average molecular weight is 414 g/mol. The molecule has 1 aromatic rings. The van der Waals surface area contributed by atoms with Crippen molar-refractivity contribution in [1.82, 2.24) is 4.90 Å². The smallest absolute Gasteiger partial charge is 0.331 e. The molecule has 1 aliphatic heterocycles. The molecule has 0 aromatic heterocycles. The van der Waals surface area contributed by atoms with Crippen molar-refractivity contribution >= 4 is 39.4 Å². The molecule has 1 heterocycles. The normalized spacial score (nSPS) is 19.7. The van der Waals surface area contributed by atoms with Gasteiger partial charge in [-0.3, -0.25) is 4.79 Å². The molecule has 1 amide bonds. The van der Waals surface area contributed by atoms with E-state index < -0.39 is 22.4 Å². The standard InChI is InChI=1S/C19H24ClNO5S/c1-3-14(2)21(17-10-11-27(24,25)13-17)18(22)12-26-19(23)9-6-15-4-7-16(20)8-5-15/h4-9,14,17H,3,10-13H2,1-2H3/b9-6+/t14-,17+/m1/s1. The number of nitrogens with zero attached hydrogens (tertiary/aromatic N) is 1. The number of hydrogen-bond donors (Lipinski definition) is 0. The molecule has 1 fully saturated rings. The van der Waals surface area contributed by atoms with Gasteiger partial charge in [-0.2, -0.15) is 0 Å². The maximum atomic E-state index is 12.6. The number of hydrogen-bond acceptors (Lipinski definition) is 5. The van der Waals surface area contributed by atoms with Crippen LogP contribution in [0.15, 0.2) is 30.3 Å². The summed E-state index contributed by atoms with van der Waals surface area (Å²) in [6.45, 7) is 3.38. The molecule has 2 atom stereocenters. The Balaban J connectivity index is 1.94. The molecule has 8 heteroatoms. The number of amides is 1. The highest BCUT2D eigenvalue weighted by molar-refractivity contribution is 7.91. The van der Waals surface area contributed by atoms with E-state index in [1.807, 2.05) is 13.8 Å². The van der Waals surface area contributed by atoms with E-state index >= 15 is 0 Å². The minimum atomic E-state index is -3.11. The predicted octanol–water partition coefficient (Wildman–Crippen LogP) is 2.71. The van der Waals surface area contributed by atoms with Gasteiger partial charge in [0.15, 0.2) is 16.4 Å². The molecule has 1 saturated heterocycles. The molecule has 0 N–H and O–H groups in total. The van der Waals surface area contributed by atoms with Crippen LogP contribution in [-0.4, -0.2) is 55.4 Å². The van der Waals surface area contributed by atoms with E-state index in [4.69, 9.17) is 16.3 Å². The predicted molar refractivity (Wildman–Crippen MR) is 105 cm³/mol. The Hall–Kier alpha value is -1.86. The largest absolute Gasteiger partial charge is 0.452 e. The SMILES string of the molecule is CC[C@@H](C)N(C(=O)COC(=O)/C=C/c1ccc(Cl)cc1)[C@H]1CCS(=O)(=O)C1. The van der Waals surface area contributed by atoms with Gasteiger partial charge in [0, 0.05) is 23.2 Å². The van der Waals surface area contributed by atoms with Crippen molar-refractivity contribution in [1.29, 1.82) is 0 Å². The topological polar surface area (TPSA) is 80.8 Å². The van der Waals surface area contributed by atoms with Gasteiger partial charge in [-0.15, -0.1) is 0 Å². The van der Waals surface area contributed by atoms with Crippen molar-refractivity contribution in [2.75, 3.05) is 18.1 Å². The molecule has 27 heavy (non-hydrogen) atoms. The lowest BCUT2D eigenvalue weighted by Gasteiger charge is -2.33. The molecule has 0 spiro atoms. The Bertz CT molecular complexity index is 804. The highest BCUT2D eigenvalue weighted by Crippen LogP contribution is 2.21. The number of esters is 1. The first-order chi connectivity index (χ1) is 12.7. The van der Waals surface area contributed by atoms with E-state index in [2.05, 4.69) is 0 Å². The second kappa shape index (κ2) is 9.37. The molecule has 1 aromatic carbocycles. The molecule has 2 rings (SSSR count). The van der Waals surface area contributed by atoms with Crippen molar-refractivity contribution in [2.45, 2.75) is 38.8 Å². The van der Waals surface area contributed by atoms with Crippen molar-refractivity contribution in [3.63, 3.8) is 0 Å². The van der Waals surface area contributed by atoms with Crippen LogP contribution < -0.4 is 0 Å². The van der Waals surface area contributed by atoms with Gasteiger partial charge in [0.25, 0.3) is 5.91 Å². The summed E-state index contributed by atoms with van der Waals surface area (Å²) in [5.41, 5.74) is 0.778. The van der Waals surface area contributed by atoms with E-state index in [0.717, 1.165) is 5.56 Å². The number of sulfone groups is 1. The summed E-state index contributed by atoms with van der Waals surface area (Å²) in [4.78, 5) is 26.0. The minimum absolute atomic E-state index is 0.0342. The Morgan fingerprint density at radius 1 is 1.33 bits per heavy atom. The van der Waals surface area contributed by atoms with Crippen LogP contribution in [0, 0.1) is 0 Å². The average Bonchev–Trinajstić information content (AvgIpc) is 2.98. The number of benzene rings is 1. The van der Waals surface area contributed by atoms with Gasteiger partial charge in [-0.1, -0.05) is 30.7 Å². The van der Waals surface area contributed by atoms with Crippen molar-refractivity contribution in [3.8, 4) is 0 Å². The summed E-state index contributed by atoms with van der Waals surface area (Å²) in [6, 6.07) is 6.43. The van der Waals surface area contributed by atoms with Crippen LogP contribution in [0.5, 0.6) is 0 Å². The fraction of sp³-hybridized carbons (Fsp3) is 0.474. The molecule has 0 radical (unpaired) electrons. The van der Waals surface area contributed by atoms with E-state index in [1.54, 1.807) is 35.2 Å². The Labute approximate surface area is 165 Å². The quantitative estimate of drug-likeness (QED) is 0.507. The first kappa shape index (κ1) is 21.4. The number of carbonyl (C=O) groups excluding carboxylic acids is 2. The van der Waals surface area contributed by atoms with Crippen LogP contribution in [0.2, 0.25) is 5.02 Å². The van der Waals surface area contributed by atoms with Crippen LogP contribution in [0.1, 0.15) is 32.3 Å².